The summed E-state index contributed by atoms with van der Waals surface area (Å²) in [5, 5.41) is 12.4. The van der Waals surface area contributed by atoms with E-state index in [1.807, 2.05) is 0 Å². The fourth-order valence-corrected chi connectivity index (χ4v) is 6.59. The predicted molar refractivity (Wildman–Crippen MR) is 137 cm³/mol. The van der Waals surface area contributed by atoms with Crippen molar-refractivity contribution in [2.75, 3.05) is 25.1 Å². The lowest BCUT2D eigenvalue weighted by molar-refractivity contribution is -0.138. The minimum atomic E-state index is -4.44. The van der Waals surface area contributed by atoms with E-state index in [1.165, 1.54) is 37.2 Å². The van der Waals surface area contributed by atoms with Crippen LogP contribution in [0.4, 0.5) is 23.4 Å². The molecule has 3 heterocycles. The van der Waals surface area contributed by atoms with Gasteiger partial charge in [0.1, 0.15) is 6.67 Å². The van der Waals surface area contributed by atoms with E-state index in [9.17, 15) is 22.4 Å². The van der Waals surface area contributed by atoms with Crippen LogP contribution in [-0.4, -0.2) is 46.7 Å². The van der Waals surface area contributed by atoms with E-state index in [2.05, 4.69) is 20.4 Å². The SMILES string of the molecule is Cc1c([C@@H](C)Nc2nnc(C)c3sc(C(=O)C4(CF)CCN(C5CC5)CC4)cc23)cccc1C(F)(F)F. The van der Waals surface area contributed by atoms with Crippen molar-refractivity contribution in [1.29, 1.82) is 0 Å². The van der Waals surface area contributed by atoms with Crippen LogP contribution in [0.5, 0.6) is 0 Å². The van der Waals surface area contributed by atoms with Gasteiger partial charge in [-0.05, 0) is 82.8 Å². The fraction of sp³-hybridized carbons (Fsp3) is 0.519. The smallest absolute Gasteiger partial charge is 0.362 e. The third-order valence-electron chi connectivity index (χ3n) is 7.90. The van der Waals surface area contributed by atoms with E-state index in [4.69, 9.17) is 0 Å². The summed E-state index contributed by atoms with van der Waals surface area (Å²) in [5.74, 6) is 0.205. The number of hydrogen-bond acceptors (Lipinski definition) is 6. The second-order valence-electron chi connectivity index (χ2n) is 10.4. The number of likely N-dealkylation sites (tertiary alicyclic amines) is 1. The number of nitrogens with one attached hydrogen (secondary N) is 1. The molecule has 2 fully saturated rings. The summed E-state index contributed by atoms with van der Waals surface area (Å²) in [5.41, 5.74) is -0.403. The van der Waals surface area contributed by atoms with Gasteiger partial charge in [-0.2, -0.15) is 18.3 Å². The van der Waals surface area contributed by atoms with Crippen LogP contribution in [-0.2, 0) is 6.18 Å². The Balaban J connectivity index is 1.43. The number of hydrogen-bond donors (Lipinski definition) is 1. The summed E-state index contributed by atoms with van der Waals surface area (Å²) in [6.45, 7) is 5.79. The van der Waals surface area contributed by atoms with Crippen LogP contribution in [0.2, 0.25) is 0 Å². The van der Waals surface area contributed by atoms with E-state index in [0.29, 0.717) is 46.2 Å². The highest BCUT2D eigenvalue weighted by molar-refractivity contribution is 7.21. The maximum Gasteiger partial charge on any atom is 0.416 e. The molecule has 0 bridgehead atoms. The summed E-state index contributed by atoms with van der Waals surface area (Å²) in [6, 6.07) is 5.96. The van der Waals surface area contributed by atoms with Crippen molar-refractivity contribution in [1.82, 2.24) is 15.1 Å². The molecule has 0 unspecified atom stereocenters. The second kappa shape index (κ2) is 9.62. The Bertz CT molecular complexity index is 1330. The maximum atomic E-state index is 14.4. The highest BCUT2D eigenvalue weighted by atomic mass is 32.1. The lowest BCUT2D eigenvalue weighted by atomic mass is 9.75. The molecule has 2 aliphatic rings. The van der Waals surface area contributed by atoms with Gasteiger partial charge in [-0.25, -0.2) is 4.39 Å². The van der Waals surface area contributed by atoms with Crippen molar-refractivity contribution >= 4 is 33.0 Å². The number of piperidine rings is 1. The Hall–Kier alpha value is -2.59. The Kier molecular flexibility index (Phi) is 6.77. The van der Waals surface area contributed by atoms with Crippen LogP contribution in [0, 0.1) is 19.3 Å². The van der Waals surface area contributed by atoms with Crippen LogP contribution in [0.25, 0.3) is 10.1 Å². The zero-order chi connectivity index (χ0) is 26.5. The van der Waals surface area contributed by atoms with Gasteiger partial charge >= 0.3 is 6.18 Å². The predicted octanol–water partition coefficient (Wildman–Crippen LogP) is 6.90. The van der Waals surface area contributed by atoms with Crippen molar-refractivity contribution < 1.29 is 22.4 Å². The molecule has 1 saturated heterocycles. The molecule has 1 aliphatic carbocycles. The monoisotopic (exact) mass is 534 g/mol. The molecule has 198 valence electrons. The first kappa shape index (κ1) is 26.0. The minimum absolute atomic E-state index is 0.148. The molecule has 1 aromatic carbocycles. The number of carbonyl (C=O) groups excluding carboxylic acids is 1. The molecule has 1 saturated carbocycles. The summed E-state index contributed by atoms with van der Waals surface area (Å²) in [7, 11) is 0. The van der Waals surface area contributed by atoms with Crippen LogP contribution in [0.3, 0.4) is 0 Å². The summed E-state index contributed by atoms with van der Waals surface area (Å²) < 4.78 is 55.4. The minimum Gasteiger partial charge on any atom is -0.362 e. The Morgan fingerprint density at radius 3 is 2.54 bits per heavy atom. The number of aromatic nitrogens is 2. The van der Waals surface area contributed by atoms with E-state index in [-0.39, 0.29) is 11.3 Å². The molecular formula is C27H30F4N4OS. The Morgan fingerprint density at radius 2 is 1.92 bits per heavy atom. The molecule has 1 atom stereocenters. The molecule has 0 amide bonds. The number of Topliss-reactive ketones (excluding diaryl/α,β-unsaturated/α-hetero) is 1. The first-order valence-corrected chi connectivity index (χ1v) is 13.4. The van der Waals surface area contributed by atoms with Crippen LogP contribution < -0.4 is 5.32 Å². The summed E-state index contributed by atoms with van der Waals surface area (Å²) >= 11 is 1.28. The van der Waals surface area contributed by atoms with E-state index in [1.54, 1.807) is 26.0 Å². The molecule has 5 rings (SSSR count). The van der Waals surface area contributed by atoms with E-state index < -0.39 is 29.9 Å². The van der Waals surface area contributed by atoms with Gasteiger partial charge < -0.3 is 10.2 Å². The molecule has 1 N–H and O–H groups in total. The zero-order valence-electron chi connectivity index (χ0n) is 21.1. The number of benzene rings is 1. The Labute approximate surface area is 217 Å². The van der Waals surface area contributed by atoms with E-state index >= 15 is 0 Å². The molecule has 0 spiro atoms. The standard InChI is InChI=1S/C27H30F4N4OS/c1-15-19(5-4-6-21(15)27(29,30)31)16(2)32-25-20-13-22(37-23(20)17(3)33-34-25)24(36)26(14-28)9-11-35(12-10-26)18-7-8-18/h4-6,13,16,18H,7-12,14H2,1-3H3,(H,32,34)/t16-/m1/s1. The van der Waals surface area contributed by atoms with Crippen LogP contribution in [0.15, 0.2) is 24.3 Å². The van der Waals surface area contributed by atoms with Crippen molar-refractivity contribution in [2.45, 2.75) is 64.7 Å². The lowest BCUT2D eigenvalue weighted by Crippen LogP contribution is -2.46. The van der Waals surface area contributed by atoms with Gasteiger partial charge in [0.05, 0.1) is 32.3 Å². The molecule has 5 nitrogen and oxygen atoms in total. The highest BCUT2D eigenvalue weighted by Crippen LogP contribution is 2.43. The number of fused-ring (bicyclic) bond motifs is 1. The first-order chi connectivity index (χ1) is 17.5. The third kappa shape index (κ3) is 4.85. The van der Waals surface area contributed by atoms with Crippen LogP contribution in [0.1, 0.15) is 70.7 Å². The largest absolute Gasteiger partial charge is 0.416 e. The van der Waals surface area contributed by atoms with Gasteiger partial charge in [-0.15, -0.1) is 16.4 Å². The van der Waals surface area contributed by atoms with Crippen molar-refractivity contribution in [2.24, 2.45) is 5.41 Å². The number of nitrogens with zero attached hydrogens (tertiary/aromatic N) is 3. The van der Waals surface area contributed by atoms with Crippen molar-refractivity contribution in [3.63, 3.8) is 0 Å². The van der Waals surface area contributed by atoms with Crippen molar-refractivity contribution in [3.05, 3.63) is 51.5 Å². The molecule has 10 heteroatoms. The Morgan fingerprint density at radius 1 is 1.22 bits per heavy atom. The van der Waals surface area contributed by atoms with Gasteiger partial charge in [-0.3, -0.25) is 4.79 Å². The van der Waals surface area contributed by atoms with Gasteiger partial charge in [0, 0.05) is 11.4 Å². The normalized spacial score (nSPS) is 19.2. The fourth-order valence-electron chi connectivity index (χ4n) is 5.43. The molecule has 3 aromatic rings. The molecular weight excluding hydrogens is 504 g/mol. The maximum absolute atomic E-state index is 14.4. The van der Waals surface area contributed by atoms with E-state index in [0.717, 1.165) is 23.9 Å². The number of anilines is 1. The molecule has 2 aromatic heterocycles. The molecule has 37 heavy (non-hydrogen) atoms. The molecule has 1 aliphatic heterocycles. The lowest BCUT2D eigenvalue weighted by Gasteiger charge is -2.38. The number of thiophene rings is 1. The summed E-state index contributed by atoms with van der Waals surface area (Å²) in [4.78, 5) is 16.5. The number of rotatable bonds is 7. The van der Waals surface area contributed by atoms with Gasteiger partial charge in [0.15, 0.2) is 11.6 Å². The topological polar surface area (TPSA) is 58.1 Å². The number of alkyl halides is 4. The van der Waals surface area contributed by atoms with Gasteiger partial charge in [0.2, 0.25) is 0 Å². The quantitative estimate of drug-likeness (QED) is 0.264. The van der Waals surface area contributed by atoms with Gasteiger partial charge in [0.25, 0.3) is 0 Å². The average Bonchev–Trinajstić information content (AvgIpc) is 3.62. The first-order valence-electron chi connectivity index (χ1n) is 12.6. The number of carbonyl (C=O) groups is 1. The number of ketones is 1. The highest BCUT2D eigenvalue weighted by Gasteiger charge is 2.45. The average molecular weight is 535 g/mol. The molecule has 0 radical (unpaired) electrons. The second-order valence-corrected chi connectivity index (χ2v) is 11.4. The van der Waals surface area contributed by atoms with Crippen LogP contribution >= 0.6 is 11.3 Å². The number of aryl methyl sites for hydroxylation is 1. The van der Waals surface area contributed by atoms with Gasteiger partial charge in [-0.1, -0.05) is 12.1 Å². The third-order valence-corrected chi connectivity index (χ3v) is 9.14. The zero-order valence-corrected chi connectivity index (χ0v) is 21.9. The summed E-state index contributed by atoms with van der Waals surface area (Å²) in [6.07, 6.45) is -1.08. The van der Waals surface area contributed by atoms with Crippen molar-refractivity contribution in [3.8, 4) is 0 Å². The number of halogens is 4.